The van der Waals surface area contributed by atoms with E-state index in [1.807, 2.05) is 6.92 Å². The summed E-state index contributed by atoms with van der Waals surface area (Å²) in [6.45, 7) is 2.44. The van der Waals surface area contributed by atoms with Crippen LogP contribution in [0.4, 0.5) is 0 Å². The lowest BCUT2D eigenvalue weighted by Crippen LogP contribution is -2.63. The van der Waals surface area contributed by atoms with Crippen molar-refractivity contribution in [3.63, 3.8) is 0 Å². The van der Waals surface area contributed by atoms with Gasteiger partial charge in [0.15, 0.2) is 0 Å². The molecule has 1 spiro atoms. The zero-order chi connectivity index (χ0) is 17.4. The molecule has 0 N–H and O–H groups in total. The molecule has 0 bridgehead atoms. The predicted molar refractivity (Wildman–Crippen MR) is 90.0 cm³/mol. The first-order valence-electron chi connectivity index (χ1n) is 8.77. The Bertz CT molecular complexity index is 859. The second-order valence-electron chi connectivity index (χ2n) is 6.81. The van der Waals surface area contributed by atoms with Crippen LogP contribution < -0.4 is 5.56 Å². The summed E-state index contributed by atoms with van der Waals surface area (Å²) in [6.07, 6.45) is 4.02. The van der Waals surface area contributed by atoms with Gasteiger partial charge < -0.3 is 9.47 Å². The molecule has 0 saturated heterocycles. The summed E-state index contributed by atoms with van der Waals surface area (Å²) in [6, 6.07) is 6.94. The van der Waals surface area contributed by atoms with Crippen LogP contribution in [0.5, 0.6) is 0 Å². The number of aromatic nitrogens is 3. The van der Waals surface area contributed by atoms with Crippen molar-refractivity contribution in [3.05, 3.63) is 34.6 Å². The van der Waals surface area contributed by atoms with Gasteiger partial charge >= 0.3 is 5.97 Å². The second-order valence-corrected chi connectivity index (χ2v) is 6.81. The summed E-state index contributed by atoms with van der Waals surface area (Å²) in [5.41, 5.74) is 0.178. The van der Waals surface area contributed by atoms with Gasteiger partial charge in [-0.3, -0.25) is 9.59 Å². The first-order chi connectivity index (χ1) is 12.1. The molecule has 25 heavy (non-hydrogen) atoms. The number of benzene rings is 1. The second kappa shape index (κ2) is 6.22. The minimum absolute atomic E-state index is 0.00824. The molecule has 0 unspecified atom stereocenters. The fourth-order valence-corrected chi connectivity index (χ4v) is 3.99. The minimum atomic E-state index is -0.446. The van der Waals surface area contributed by atoms with E-state index < -0.39 is 5.97 Å². The third-order valence-corrected chi connectivity index (χ3v) is 5.54. The van der Waals surface area contributed by atoms with E-state index in [1.54, 1.807) is 24.3 Å². The molecule has 0 radical (unpaired) electrons. The Morgan fingerprint density at radius 1 is 1.32 bits per heavy atom. The first-order valence-corrected chi connectivity index (χ1v) is 8.77. The molecule has 0 aliphatic heterocycles. The lowest BCUT2D eigenvalue weighted by atomic mass is 9.52. The van der Waals surface area contributed by atoms with Gasteiger partial charge in [0.05, 0.1) is 11.5 Å². The van der Waals surface area contributed by atoms with Crippen LogP contribution in [0.15, 0.2) is 29.1 Å². The first kappa shape index (κ1) is 16.2. The van der Waals surface area contributed by atoms with E-state index in [-0.39, 0.29) is 29.7 Å². The number of carbonyl (C=O) groups excluding carboxylic acids is 1. The van der Waals surface area contributed by atoms with Gasteiger partial charge in [-0.05, 0) is 31.9 Å². The van der Waals surface area contributed by atoms with Crippen LogP contribution in [-0.4, -0.2) is 39.8 Å². The molecule has 1 heterocycles. The van der Waals surface area contributed by atoms with Crippen LogP contribution in [0.25, 0.3) is 10.9 Å². The maximum absolute atomic E-state index is 12.4. The van der Waals surface area contributed by atoms with E-state index in [0.717, 1.165) is 30.4 Å². The lowest BCUT2D eigenvalue weighted by Gasteiger charge is -2.59. The minimum Gasteiger partial charge on any atom is -0.460 e. The maximum Gasteiger partial charge on any atom is 0.328 e. The van der Waals surface area contributed by atoms with Gasteiger partial charge in [-0.15, -0.1) is 5.10 Å². The average Bonchev–Trinajstić information content (AvgIpc) is 2.55. The standard InChI is InChI=1S/C18H21N3O4/c1-2-24-14-10-15(18(14)8-5-9-18)25-16(22)11-21-17(23)12-6-3-4-7-13(12)19-20-21/h3-4,6-7,14-15H,2,5,8-11H2,1H3/t14-,15-/m1/s1. The summed E-state index contributed by atoms with van der Waals surface area (Å²) >= 11 is 0. The fraction of sp³-hybridized carbons (Fsp3) is 0.556. The van der Waals surface area contributed by atoms with Crippen molar-refractivity contribution in [2.75, 3.05) is 6.61 Å². The van der Waals surface area contributed by atoms with Crippen LogP contribution in [-0.2, 0) is 20.8 Å². The largest absolute Gasteiger partial charge is 0.460 e. The fourth-order valence-electron chi connectivity index (χ4n) is 3.99. The van der Waals surface area contributed by atoms with Crippen molar-refractivity contribution in [2.24, 2.45) is 5.41 Å². The normalized spacial score (nSPS) is 23.9. The van der Waals surface area contributed by atoms with Gasteiger partial charge in [0.2, 0.25) is 0 Å². The molecular formula is C18H21N3O4. The summed E-state index contributed by atoms with van der Waals surface area (Å²) in [7, 11) is 0. The highest BCUT2D eigenvalue weighted by molar-refractivity contribution is 5.77. The third kappa shape index (κ3) is 2.63. The van der Waals surface area contributed by atoms with Crippen molar-refractivity contribution < 1.29 is 14.3 Å². The molecule has 2 saturated carbocycles. The van der Waals surface area contributed by atoms with Crippen molar-refractivity contribution in [2.45, 2.75) is 51.4 Å². The number of carbonyl (C=O) groups is 1. The van der Waals surface area contributed by atoms with Gasteiger partial charge in [0.25, 0.3) is 5.56 Å². The number of hydrogen-bond donors (Lipinski definition) is 0. The number of ether oxygens (including phenoxy) is 2. The van der Waals surface area contributed by atoms with Crippen molar-refractivity contribution >= 4 is 16.9 Å². The Morgan fingerprint density at radius 3 is 2.84 bits per heavy atom. The Balaban J connectivity index is 1.45. The third-order valence-electron chi connectivity index (χ3n) is 5.54. The van der Waals surface area contributed by atoms with E-state index in [9.17, 15) is 9.59 Å². The van der Waals surface area contributed by atoms with Crippen LogP contribution >= 0.6 is 0 Å². The summed E-state index contributed by atoms with van der Waals surface area (Å²) in [5, 5.41) is 8.27. The topological polar surface area (TPSA) is 83.3 Å². The number of rotatable bonds is 5. The molecule has 2 aliphatic carbocycles. The van der Waals surface area contributed by atoms with Gasteiger partial charge in [-0.2, -0.15) is 4.68 Å². The van der Waals surface area contributed by atoms with E-state index in [2.05, 4.69) is 10.3 Å². The average molecular weight is 343 g/mol. The van der Waals surface area contributed by atoms with E-state index in [4.69, 9.17) is 9.47 Å². The van der Waals surface area contributed by atoms with Gasteiger partial charge in [-0.25, -0.2) is 0 Å². The number of esters is 1. The number of hydrogen-bond acceptors (Lipinski definition) is 6. The maximum atomic E-state index is 12.4. The molecule has 2 aromatic rings. The molecule has 2 aliphatic rings. The molecular weight excluding hydrogens is 322 g/mol. The van der Waals surface area contributed by atoms with E-state index in [0.29, 0.717) is 17.5 Å². The number of nitrogens with zero attached hydrogens (tertiary/aromatic N) is 3. The molecule has 4 rings (SSSR count). The highest BCUT2D eigenvalue weighted by atomic mass is 16.6. The molecule has 132 valence electrons. The van der Waals surface area contributed by atoms with Crippen molar-refractivity contribution in [3.8, 4) is 0 Å². The quantitative estimate of drug-likeness (QED) is 0.768. The van der Waals surface area contributed by atoms with Crippen LogP contribution in [0.3, 0.4) is 0 Å². The Hall–Kier alpha value is -2.28. The van der Waals surface area contributed by atoms with Gasteiger partial charge in [-0.1, -0.05) is 23.8 Å². The van der Waals surface area contributed by atoms with E-state index in [1.165, 1.54) is 0 Å². The van der Waals surface area contributed by atoms with Crippen LogP contribution in [0.1, 0.15) is 32.6 Å². The van der Waals surface area contributed by atoms with E-state index >= 15 is 0 Å². The molecule has 7 nitrogen and oxygen atoms in total. The number of fused-ring (bicyclic) bond motifs is 1. The summed E-state index contributed by atoms with van der Waals surface area (Å²) in [4.78, 5) is 24.7. The zero-order valence-electron chi connectivity index (χ0n) is 14.2. The zero-order valence-corrected chi connectivity index (χ0v) is 14.2. The molecule has 1 aromatic carbocycles. The molecule has 2 atom stereocenters. The van der Waals surface area contributed by atoms with Gasteiger partial charge in [0.1, 0.15) is 18.2 Å². The van der Waals surface area contributed by atoms with Crippen molar-refractivity contribution in [1.29, 1.82) is 0 Å². The van der Waals surface area contributed by atoms with Gasteiger partial charge in [0, 0.05) is 18.4 Å². The molecule has 7 heteroatoms. The highest BCUT2D eigenvalue weighted by Gasteiger charge is 2.61. The summed E-state index contributed by atoms with van der Waals surface area (Å²) < 4.78 is 12.5. The predicted octanol–water partition coefficient (Wildman–Crippen LogP) is 1.68. The molecule has 0 amide bonds. The van der Waals surface area contributed by atoms with Crippen molar-refractivity contribution in [1.82, 2.24) is 15.0 Å². The summed E-state index contributed by atoms with van der Waals surface area (Å²) in [5.74, 6) is -0.446. The SMILES string of the molecule is CCO[C@@H]1C[C@@H](OC(=O)Cn2nnc3ccccc3c2=O)C12CCC2. The lowest BCUT2D eigenvalue weighted by molar-refractivity contribution is -0.239. The molecule has 1 aromatic heterocycles. The van der Waals surface area contributed by atoms with Crippen LogP contribution in [0, 0.1) is 5.41 Å². The Kier molecular flexibility index (Phi) is 4.03. The Morgan fingerprint density at radius 2 is 2.12 bits per heavy atom. The monoisotopic (exact) mass is 343 g/mol. The highest BCUT2D eigenvalue weighted by Crippen LogP contribution is 2.58. The smallest absolute Gasteiger partial charge is 0.328 e. The molecule has 2 fully saturated rings. The van der Waals surface area contributed by atoms with Crippen LogP contribution in [0.2, 0.25) is 0 Å². The Labute approximate surface area is 144 Å².